The normalized spacial score (nSPS) is 28.9. The van der Waals surface area contributed by atoms with Gasteiger partial charge in [0.25, 0.3) is 11.6 Å². The summed E-state index contributed by atoms with van der Waals surface area (Å²) in [5.41, 5.74) is -6.36. The summed E-state index contributed by atoms with van der Waals surface area (Å²) in [6.07, 6.45) is -6.19. The van der Waals surface area contributed by atoms with Crippen molar-refractivity contribution < 1.29 is 58.2 Å². The van der Waals surface area contributed by atoms with Gasteiger partial charge in [-0.25, -0.2) is 4.39 Å². The molecule has 0 spiro atoms. The van der Waals surface area contributed by atoms with E-state index in [1.165, 1.54) is 0 Å². The maximum atomic E-state index is 14.2. The molecular weight excluding hydrogens is 387 g/mol. The molecule has 1 N–H and O–H groups in total. The van der Waals surface area contributed by atoms with E-state index >= 15 is 0 Å². The van der Waals surface area contributed by atoms with Crippen LogP contribution in [0.3, 0.4) is 0 Å². The molecule has 0 aromatic carbocycles. The summed E-state index contributed by atoms with van der Waals surface area (Å²) in [5, 5.41) is 9.17. The second-order valence-corrected chi connectivity index (χ2v) is 5.63. The van der Waals surface area contributed by atoms with Crippen LogP contribution >= 0.6 is 0 Å². The molecule has 3 nitrogen and oxygen atoms in total. The van der Waals surface area contributed by atoms with Gasteiger partial charge in [0, 0.05) is 20.5 Å². The van der Waals surface area contributed by atoms with E-state index in [-0.39, 0.29) is 0 Å². The lowest BCUT2D eigenvalue weighted by Gasteiger charge is -2.52. The maximum Gasteiger partial charge on any atom is 0.384 e. The Kier molecular flexibility index (Phi) is 4.63. The van der Waals surface area contributed by atoms with Gasteiger partial charge in [0.05, 0.1) is 0 Å². The summed E-state index contributed by atoms with van der Waals surface area (Å²) in [6, 6.07) is 0. The van der Waals surface area contributed by atoms with Gasteiger partial charge in [-0.2, -0.15) is 43.9 Å². The van der Waals surface area contributed by atoms with Crippen LogP contribution in [-0.4, -0.2) is 71.4 Å². The zero-order valence-electron chi connectivity index (χ0n) is 12.2. The van der Waals surface area contributed by atoms with Gasteiger partial charge >= 0.3 is 29.6 Å². The molecule has 0 saturated heterocycles. The van der Waals surface area contributed by atoms with Gasteiger partial charge in [-0.1, -0.05) is 0 Å². The molecule has 1 fully saturated rings. The fraction of sp³-hybridized carbons (Fsp3) is 0.909. The Balaban J connectivity index is 3.64. The van der Waals surface area contributed by atoms with Crippen LogP contribution in [0.2, 0.25) is 0 Å². The largest absolute Gasteiger partial charge is 0.384 e. The number of hydrogen-bond donors (Lipinski definition) is 1. The molecule has 1 aliphatic rings. The number of carbonyl (C=O) groups is 1. The van der Waals surface area contributed by atoms with Crippen LogP contribution in [-0.2, 0) is 4.79 Å². The van der Waals surface area contributed by atoms with Crippen molar-refractivity contribution in [1.29, 1.82) is 0 Å². The molecule has 1 amide bonds. The lowest BCUT2D eigenvalue weighted by Crippen LogP contribution is -2.84. The highest BCUT2D eigenvalue weighted by atomic mass is 19.4. The Morgan fingerprint density at radius 3 is 1.32 bits per heavy atom. The van der Waals surface area contributed by atoms with Gasteiger partial charge < -0.3 is 10.0 Å². The molecule has 0 aliphatic heterocycles. The van der Waals surface area contributed by atoms with Gasteiger partial charge in [0.1, 0.15) is 6.10 Å². The quantitative estimate of drug-likeness (QED) is 0.745. The van der Waals surface area contributed by atoms with E-state index in [0.29, 0.717) is 4.90 Å². The second kappa shape index (κ2) is 5.33. The zero-order chi connectivity index (χ0) is 20.4. The number of rotatable bonds is 3. The SMILES string of the molecule is CN(C)C(=O)C(O)CC1(F)C(F)(F)C(F)(F)C(F)(F)C(F)(F)C1(F)F. The highest BCUT2D eigenvalue weighted by molar-refractivity contribution is 5.80. The van der Waals surface area contributed by atoms with Crippen molar-refractivity contribution in [2.75, 3.05) is 14.1 Å². The minimum Gasteiger partial charge on any atom is -0.383 e. The van der Waals surface area contributed by atoms with Gasteiger partial charge in [-0.15, -0.1) is 0 Å². The standard InChI is InChI=1S/C11H10F11NO2/c1-23(2)5(25)4(24)3-6(12)7(13,14)9(17,18)11(21,22)10(19,20)8(6,15)16/h4,24H,3H2,1-2H3. The Morgan fingerprint density at radius 1 is 0.760 bits per heavy atom. The average Bonchev–Trinajstić information content (AvgIpc) is 2.43. The van der Waals surface area contributed by atoms with Crippen molar-refractivity contribution in [1.82, 2.24) is 4.90 Å². The number of likely N-dealkylation sites (N-methyl/N-ethyl adjacent to an activating group) is 1. The van der Waals surface area contributed by atoms with Crippen molar-refractivity contribution in [2.45, 2.75) is 47.8 Å². The third-order valence-corrected chi connectivity index (χ3v) is 3.77. The molecule has 25 heavy (non-hydrogen) atoms. The number of nitrogens with zero attached hydrogens (tertiary/aromatic N) is 1. The molecule has 1 unspecified atom stereocenters. The van der Waals surface area contributed by atoms with E-state index < -0.39 is 53.7 Å². The summed E-state index contributed by atoms with van der Waals surface area (Å²) < 4.78 is 147. The molecule has 0 bridgehead atoms. The van der Waals surface area contributed by atoms with Crippen molar-refractivity contribution in [3.05, 3.63) is 0 Å². The van der Waals surface area contributed by atoms with Gasteiger partial charge in [0.15, 0.2) is 0 Å². The van der Waals surface area contributed by atoms with Gasteiger partial charge in [0.2, 0.25) is 0 Å². The van der Waals surface area contributed by atoms with E-state index in [0.717, 1.165) is 14.1 Å². The second-order valence-electron chi connectivity index (χ2n) is 5.63. The number of hydrogen-bond acceptors (Lipinski definition) is 2. The monoisotopic (exact) mass is 397 g/mol. The summed E-state index contributed by atoms with van der Waals surface area (Å²) in [7, 11) is 1.59. The molecule has 1 saturated carbocycles. The highest BCUT2D eigenvalue weighted by Gasteiger charge is 3.00. The molecule has 148 valence electrons. The lowest BCUT2D eigenvalue weighted by molar-refractivity contribution is -0.486. The van der Waals surface area contributed by atoms with Crippen LogP contribution in [0.1, 0.15) is 6.42 Å². The Morgan fingerprint density at radius 2 is 1.04 bits per heavy atom. The molecule has 1 rings (SSSR count). The van der Waals surface area contributed by atoms with Crippen LogP contribution in [0, 0.1) is 0 Å². The molecule has 0 aromatic rings. The van der Waals surface area contributed by atoms with Crippen molar-refractivity contribution in [3.8, 4) is 0 Å². The zero-order valence-corrected chi connectivity index (χ0v) is 12.2. The first-order valence-electron chi connectivity index (χ1n) is 6.21. The van der Waals surface area contributed by atoms with E-state index in [1.807, 2.05) is 0 Å². The summed E-state index contributed by atoms with van der Waals surface area (Å²) in [5.74, 6) is -37.7. The molecule has 0 radical (unpaired) electrons. The molecule has 1 aliphatic carbocycles. The topological polar surface area (TPSA) is 40.5 Å². The van der Waals surface area contributed by atoms with Crippen molar-refractivity contribution >= 4 is 5.91 Å². The first kappa shape index (κ1) is 21.7. The predicted octanol–water partition coefficient (Wildman–Crippen LogP) is 2.72. The van der Waals surface area contributed by atoms with Crippen molar-refractivity contribution in [3.63, 3.8) is 0 Å². The number of carbonyl (C=O) groups excluding carboxylic acids is 1. The highest BCUT2D eigenvalue weighted by Crippen LogP contribution is 2.70. The maximum absolute atomic E-state index is 14.2. The number of aliphatic hydroxyl groups is 1. The Labute approximate surface area is 132 Å². The van der Waals surface area contributed by atoms with Crippen LogP contribution in [0.4, 0.5) is 48.3 Å². The van der Waals surface area contributed by atoms with Gasteiger partial charge in [-0.05, 0) is 0 Å². The summed E-state index contributed by atoms with van der Waals surface area (Å²) >= 11 is 0. The lowest BCUT2D eigenvalue weighted by atomic mass is 9.70. The van der Waals surface area contributed by atoms with Crippen molar-refractivity contribution in [2.24, 2.45) is 0 Å². The fourth-order valence-corrected chi connectivity index (χ4v) is 2.19. The first-order valence-corrected chi connectivity index (χ1v) is 6.21. The van der Waals surface area contributed by atoms with E-state index in [9.17, 15) is 53.1 Å². The van der Waals surface area contributed by atoms with Crippen LogP contribution in [0.25, 0.3) is 0 Å². The third kappa shape index (κ3) is 2.24. The number of alkyl halides is 11. The van der Waals surface area contributed by atoms with Gasteiger partial charge in [-0.3, -0.25) is 4.79 Å². The van der Waals surface area contributed by atoms with Crippen LogP contribution < -0.4 is 0 Å². The smallest absolute Gasteiger partial charge is 0.383 e. The Bertz CT molecular complexity index is 530. The molecule has 1 atom stereocenters. The third-order valence-electron chi connectivity index (χ3n) is 3.77. The molecule has 0 heterocycles. The molecular formula is C11H10F11NO2. The fourth-order valence-electron chi connectivity index (χ4n) is 2.19. The number of halogens is 11. The summed E-state index contributed by atoms with van der Waals surface area (Å²) in [6.45, 7) is 0. The Hall–Kier alpha value is -1.34. The van der Waals surface area contributed by atoms with E-state index in [4.69, 9.17) is 5.11 Å². The minimum atomic E-state index is -7.32. The molecule has 14 heteroatoms. The molecule has 0 aromatic heterocycles. The number of aliphatic hydroxyl groups excluding tert-OH is 1. The minimum absolute atomic E-state index is 0.317. The average molecular weight is 397 g/mol. The van der Waals surface area contributed by atoms with Crippen LogP contribution in [0.5, 0.6) is 0 Å². The number of amides is 1. The van der Waals surface area contributed by atoms with E-state index in [1.54, 1.807) is 0 Å². The summed E-state index contributed by atoms with van der Waals surface area (Å²) in [4.78, 5) is 11.5. The van der Waals surface area contributed by atoms with E-state index in [2.05, 4.69) is 0 Å². The first-order chi connectivity index (χ1) is 10.7. The predicted molar refractivity (Wildman–Crippen MR) is 57.9 cm³/mol. The van der Waals surface area contributed by atoms with Crippen LogP contribution in [0.15, 0.2) is 0 Å².